The van der Waals surface area contributed by atoms with Gasteiger partial charge in [-0.25, -0.2) is 0 Å². The lowest BCUT2D eigenvalue weighted by Gasteiger charge is -2.43. The molecule has 1 aliphatic carbocycles. The smallest absolute Gasteiger partial charge is 0.0327 e. The molecule has 0 unspecified atom stereocenters. The third-order valence-electron chi connectivity index (χ3n) is 3.57. The van der Waals surface area contributed by atoms with Crippen molar-refractivity contribution in [3.63, 3.8) is 0 Å². The van der Waals surface area contributed by atoms with E-state index in [1.165, 1.54) is 32.1 Å². The van der Waals surface area contributed by atoms with Gasteiger partial charge in [-0.1, -0.05) is 33.1 Å². The Kier molecular flexibility index (Phi) is 4.39. The first kappa shape index (κ1) is 12.0. The molecule has 0 saturated heterocycles. The van der Waals surface area contributed by atoms with Gasteiger partial charge in [-0.2, -0.15) is 0 Å². The van der Waals surface area contributed by atoms with E-state index < -0.39 is 0 Å². The predicted molar refractivity (Wildman–Crippen MR) is 62.6 cm³/mol. The molecule has 1 saturated carbocycles. The van der Waals surface area contributed by atoms with Crippen LogP contribution in [-0.4, -0.2) is 37.1 Å². The van der Waals surface area contributed by atoms with Crippen LogP contribution in [0.2, 0.25) is 0 Å². The van der Waals surface area contributed by atoms with Crippen molar-refractivity contribution in [2.24, 2.45) is 0 Å². The first-order valence-corrected chi connectivity index (χ1v) is 5.98. The Hall–Kier alpha value is -0.0800. The van der Waals surface area contributed by atoms with Gasteiger partial charge in [0.1, 0.15) is 0 Å². The van der Waals surface area contributed by atoms with Gasteiger partial charge in [0, 0.05) is 18.1 Å². The number of hydrogen-bond donors (Lipinski definition) is 1. The van der Waals surface area contributed by atoms with Gasteiger partial charge in [0.15, 0.2) is 0 Å². The summed E-state index contributed by atoms with van der Waals surface area (Å²) < 4.78 is 0. The van der Waals surface area contributed by atoms with Crippen molar-refractivity contribution < 1.29 is 0 Å². The van der Waals surface area contributed by atoms with Crippen LogP contribution in [0.3, 0.4) is 0 Å². The van der Waals surface area contributed by atoms with Crippen LogP contribution in [0.4, 0.5) is 0 Å². The van der Waals surface area contributed by atoms with Gasteiger partial charge in [-0.15, -0.1) is 0 Å². The largest absolute Gasteiger partial charge is 0.313 e. The summed E-state index contributed by atoms with van der Waals surface area (Å²) in [7, 11) is 4.46. The van der Waals surface area contributed by atoms with Crippen molar-refractivity contribution in [1.82, 2.24) is 10.2 Å². The van der Waals surface area contributed by atoms with E-state index in [4.69, 9.17) is 0 Å². The van der Waals surface area contributed by atoms with Crippen LogP contribution in [0.15, 0.2) is 0 Å². The van der Waals surface area contributed by atoms with Crippen molar-refractivity contribution in [2.75, 3.05) is 20.6 Å². The minimum absolute atomic E-state index is 0.433. The molecular formula is C12H26N2. The van der Waals surface area contributed by atoms with E-state index in [2.05, 4.69) is 38.2 Å². The van der Waals surface area contributed by atoms with Crippen molar-refractivity contribution in [2.45, 2.75) is 57.5 Å². The van der Waals surface area contributed by atoms with Crippen LogP contribution in [0, 0.1) is 0 Å². The highest BCUT2D eigenvalue weighted by molar-refractivity contribution is 4.92. The van der Waals surface area contributed by atoms with Gasteiger partial charge in [0.25, 0.3) is 0 Å². The van der Waals surface area contributed by atoms with Gasteiger partial charge >= 0.3 is 0 Å². The number of nitrogens with one attached hydrogen (secondary N) is 1. The van der Waals surface area contributed by atoms with Gasteiger partial charge in [-0.3, -0.25) is 0 Å². The summed E-state index contributed by atoms with van der Waals surface area (Å²) in [6.07, 6.45) is 6.95. The summed E-state index contributed by atoms with van der Waals surface area (Å²) in [4.78, 5) is 2.43. The van der Waals surface area contributed by atoms with Crippen molar-refractivity contribution >= 4 is 0 Å². The Morgan fingerprint density at radius 2 is 1.71 bits per heavy atom. The number of likely N-dealkylation sites (N-methyl/N-ethyl adjacent to an activating group) is 1. The maximum Gasteiger partial charge on any atom is 0.0327 e. The Morgan fingerprint density at radius 3 is 2.14 bits per heavy atom. The lowest BCUT2D eigenvalue weighted by molar-refractivity contribution is 0.0965. The Labute approximate surface area is 89.1 Å². The molecule has 2 nitrogen and oxygen atoms in total. The molecule has 0 atom stereocenters. The molecular weight excluding hydrogens is 172 g/mol. The summed E-state index contributed by atoms with van der Waals surface area (Å²) in [6.45, 7) is 5.61. The molecule has 1 N–H and O–H groups in total. The zero-order valence-electron chi connectivity index (χ0n) is 10.3. The van der Waals surface area contributed by atoms with Crippen LogP contribution in [0.5, 0.6) is 0 Å². The predicted octanol–water partition coefficient (Wildman–Crippen LogP) is 2.25. The normalized spacial score (nSPS) is 21.9. The SMILES string of the molecule is CC(C)NCC1(N(C)C)CCCCC1. The van der Waals surface area contributed by atoms with Gasteiger partial charge in [0.2, 0.25) is 0 Å². The zero-order valence-corrected chi connectivity index (χ0v) is 10.3. The second-order valence-corrected chi connectivity index (χ2v) is 5.22. The summed E-state index contributed by atoms with van der Waals surface area (Å²) in [5, 5.41) is 3.60. The fourth-order valence-corrected chi connectivity index (χ4v) is 2.39. The summed E-state index contributed by atoms with van der Waals surface area (Å²) in [5.41, 5.74) is 0.433. The molecule has 1 fully saturated rings. The molecule has 0 spiro atoms. The Bertz CT molecular complexity index is 158. The molecule has 0 heterocycles. The maximum atomic E-state index is 3.60. The molecule has 0 radical (unpaired) electrons. The lowest BCUT2D eigenvalue weighted by atomic mass is 9.80. The van der Waals surface area contributed by atoms with E-state index in [1.54, 1.807) is 0 Å². The average molecular weight is 198 g/mol. The van der Waals surface area contributed by atoms with Crippen LogP contribution in [0.1, 0.15) is 46.0 Å². The Morgan fingerprint density at radius 1 is 1.14 bits per heavy atom. The fraction of sp³-hybridized carbons (Fsp3) is 1.00. The highest BCUT2D eigenvalue weighted by Crippen LogP contribution is 2.31. The van der Waals surface area contributed by atoms with Crippen molar-refractivity contribution in [3.8, 4) is 0 Å². The number of nitrogens with zero attached hydrogens (tertiary/aromatic N) is 1. The molecule has 1 aliphatic rings. The first-order chi connectivity index (χ1) is 6.57. The third kappa shape index (κ3) is 2.96. The van der Waals surface area contributed by atoms with E-state index in [9.17, 15) is 0 Å². The van der Waals surface area contributed by atoms with E-state index in [-0.39, 0.29) is 0 Å². The fourth-order valence-electron chi connectivity index (χ4n) is 2.39. The number of hydrogen-bond acceptors (Lipinski definition) is 2. The average Bonchev–Trinajstić information content (AvgIpc) is 2.16. The van der Waals surface area contributed by atoms with E-state index in [0.717, 1.165) is 6.54 Å². The van der Waals surface area contributed by atoms with Crippen LogP contribution >= 0.6 is 0 Å². The van der Waals surface area contributed by atoms with E-state index in [0.29, 0.717) is 11.6 Å². The molecule has 0 aromatic rings. The quantitative estimate of drug-likeness (QED) is 0.745. The van der Waals surface area contributed by atoms with Crippen LogP contribution in [-0.2, 0) is 0 Å². The molecule has 0 aliphatic heterocycles. The second-order valence-electron chi connectivity index (χ2n) is 5.22. The summed E-state index contributed by atoms with van der Waals surface area (Å²) in [5.74, 6) is 0. The molecule has 84 valence electrons. The van der Waals surface area contributed by atoms with Crippen molar-refractivity contribution in [1.29, 1.82) is 0 Å². The molecule has 0 aromatic heterocycles. The standard InChI is InChI=1S/C12H26N2/c1-11(2)13-10-12(14(3)4)8-6-5-7-9-12/h11,13H,5-10H2,1-4H3. The minimum Gasteiger partial charge on any atom is -0.313 e. The van der Waals surface area contributed by atoms with Gasteiger partial charge < -0.3 is 10.2 Å². The van der Waals surface area contributed by atoms with Gasteiger partial charge in [-0.05, 0) is 26.9 Å². The molecule has 2 heteroatoms. The summed E-state index contributed by atoms with van der Waals surface area (Å²) >= 11 is 0. The molecule has 0 bridgehead atoms. The monoisotopic (exact) mass is 198 g/mol. The first-order valence-electron chi connectivity index (χ1n) is 5.98. The topological polar surface area (TPSA) is 15.3 Å². The minimum atomic E-state index is 0.433. The second kappa shape index (κ2) is 5.13. The molecule has 1 rings (SSSR count). The molecule has 14 heavy (non-hydrogen) atoms. The lowest BCUT2D eigenvalue weighted by Crippen LogP contribution is -2.53. The number of rotatable bonds is 4. The summed E-state index contributed by atoms with van der Waals surface area (Å²) in [6, 6.07) is 0.605. The van der Waals surface area contributed by atoms with E-state index in [1.807, 2.05) is 0 Å². The maximum absolute atomic E-state index is 3.60. The van der Waals surface area contributed by atoms with Crippen LogP contribution in [0.25, 0.3) is 0 Å². The molecule has 0 amide bonds. The zero-order chi connectivity index (χ0) is 10.6. The highest BCUT2D eigenvalue weighted by Gasteiger charge is 2.33. The Balaban J connectivity index is 2.52. The highest BCUT2D eigenvalue weighted by atomic mass is 15.2. The van der Waals surface area contributed by atoms with Gasteiger partial charge in [0.05, 0.1) is 0 Å². The van der Waals surface area contributed by atoms with E-state index >= 15 is 0 Å². The third-order valence-corrected chi connectivity index (χ3v) is 3.57. The molecule has 0 aromatic carbocycles. The van der Waals surface area contributed by atoms with Crippen LogP contribution < -0.4 is 5.32 Å². The van der Waals surface area contributed by atoms with Crippen molar-refractivity contribution in [3.05, 3.63) is 0 Å².